The Balaban J connectivity index is 2.47. The third-order valence-corrected chi connectivity index (χ3v) is 3.37. The van der Waals surface area contributed by atoms with Crippen LogP contribution >= 0.6 is 0 Å². The number of carbonyl (C=O) groups is 2. The Labute approximate surface area is 105 Å². The Morgan fingerprint density at radius 2 is 1.78 bits per heavy atom. The topological polar surface area (TPSA) is 87.2 Å². The van der Waals surface area contributed by atoms with Crippen LogP contribution in [0.25, 0.3) is 0 Å². The molecule has 0 bridgehead atoms. The number of benzene rings is 1. The van der Waals surface area contributed by atoms with Gasteiger partial charge in [0, 0.05) is 11.8 Å². The van der Waals surface area contributed by atoms with Gasteiger partial charge in [-0.25, -0.2) is 4.90 Å². The van der Waals surface area contributed by atoms with Crippen LogP contribution in [0.15, 0.2) is 18.2 Å². The highest BCUT2D eigenvalue weighted by atomic mass is 16.2. The first kappa shape index (κ1) is 12.1. The second-order valence-corrected chi connectivity index (χ2v) is 4.47. The maximum Gasteiger partial charge on any atom is 0.237 e. The van der Waals surface area contributed by atoms with E-state index in [0.29, 0.717) is 11.3 Å². The molecule has 18 heavy (non-hydrogen) atoms. The summed E-state index contributed by atoms with van der Waals surface area (Å²) in [5.41, 5.74) is 6.82. The van der Waals surface area contributed by atoms with E-state index in [1.165, 1.54) is 12.1 Å². The van der Waals surface area contributed by atoms with Crippen molar-refractivity contribution in [1.82, 2.24) is 0 Å². The predicted molar refractivity (Wildman–Crippen MR) is 66.4 cm³/mol. The van der Waals surface area contributed by atoms with E-state index >= 15 is 0 Å². The van der Waals surface area contributed by atoms with Gasteiger partial charge in [0.25, 0.3) is 0 Å². The number of imide groups is 1. The Hall–Kier alpha value is -2.35. The summed E-state index contributed by atoms with van der Waals surface area (Å²) in [5, 5.41) is 8.75. The molecular formula is C13H13N3O2. The molecule has 1 fully saturated rings. The molecule has 92 valence electrons. The van der Waals surface area contributed by atoms with Gasteiger partial charge in [-0.05, 0) is 18.2 Å². The van der Waals surface area contributed by atoms with Gasteiger partial charge in [0.1, 0.15) is 0 Å². The highest BCUT2D eigenvalue weighted by Crippen LogP contribution is 2.33. The molecule has 0 aliphatic carbocycles. The smallest absolute Gasteiger partial charge is 0.237 e. The first-order valence-electron chi connectivity index (χ1n) is 5.64. The number of amides is 2. The van der Waals surface area contributed by atoms with Gasteiger partial charge in [-0.1, -0.05) is 13.8 Å². The van der Waals surface area contributed by atoms with Crippen molar-refractivity contribution in [2.24, 2.45) is 11.8 Å². The van der Waals surface area contributed by atoms with E-state index in [2.05, 4.69) is 0 Å². The highest BCUT2D eigenvalue weighted by molar-refractivity contribution is 6.23. The van der Waals surface area contributed by atoms with Crippen molar-refractivity contribution in [3.8, 4) is 6.07 Å². The average molecular weight is 243 g/mol. The van der Waals surface area contributed by atoms with Crippen molar-refractivity contribution in [3.05, 3.63) is 23.8 Å². The number of rotatable bonds is 1. The van der Waals surface area contributed by atoms with Gasteiger partial charge in [0.15, 0.2) is 0 Å². The number of hydrogen-bond acceptors (Lipinski definition) is 4. The maximum absolute atomic E-state index is 12.0. The van der Waals surface area contributed by atoms with Crippen molar-refractivity contribution in [1.29, 1.82) is 5.26 Å². The quantitative estimate of drug-likeness (QED) is 0.594. The minimum absolute atomic E-state index is 0.246. The van der Waals surface area contributed by atoms with Crippen LogP contribution in [0.4, 0.5) is 11.4 Å². The summed E-state index contributed by atoms with van der Waals surface area (Å²) < 4.78 is 0. The van der Waals surface area contributed by atoms with Crippen LogP contribution in [-0.2, 0) is 9.59 Å². The van der Waals surface area contributed by atoms with Crippen LogP contribution in [-0.4, -0.2) is 11.8 Å². The van der Waals surface area contributed by atoms with Crippen molar-refractivity contribution < 1.29 is 9.59 Å². The Kier molecular flexibility index (Phi) is 2.79. The first-order chi connectivity index (χ1) is 8.47. The summed E-state index contributed by atoms with van der Waals surface area (Å²) in [6, 6.07) is 6.50. The Morgan fingerprint density at radius 1 is 1.22 bits per heavy atom. The molecule has 1 aliphatic rings. The molecule has 0 saturated carbocycles. The van der Waals surface area contributed by atoms with Gasteiger partial charge in [0.2, 0.25) is 11.8 Å². The molecule has 2 rings (SSSR count). The molecular weight excluding hydrogens is 230 g/mol. The van der Waals surface area contributed by atoms with E-state index in [1.807, 2.05) is 6.07 Å². The number of carbonyl (C=O) groups excluding carboxylic acids is 2. The first-order valence-corrected chi connectivity index (χ1v) is 5.64. The van der Waals surface area contributed by atoms with Gasteiger partial charge < -0.3 is 5.73 Å². The van der Waals surface area contributed by atoms with Gasteiger partial charge in [-0.15, -0.1) is 0 Å². The molecule has 2 amide bonds. The largest absolute Gasteiger partial charge is 0.397 e. The summed E-state index contributed by atoms with van der Waals surface area (Å²) in [7, 11) is 0. The number of nitrogen functional groups attached to an aromatic ring is 1. The van der Waals surface area contributed by atoms with Crippen molar-refractivity contribution in [2.45, 2.75) is 13.8 Å². The number of nitrogens with two attached hydrogens (primary N) is 1. The molecule has 0 radical (unpaired) electrons. The van der Waals surface area contributed by atoms with E-state index in [1.54, 1.807) is 19.9 Å². The molecule has 5 heteroatoms. The lowest BCUT2D eigenvalue weighted by molar-refractivity contribution is -0.122. The normalized spacial score (nSPS) is 23.3. The molecule has 5 nitrogen and oxygen atoms in total. The number of anilines is 2. The molecule has 1 saturated heterocycles. The van der Waals surface area contributed by atoms with E-state index in [-0.39, 0.29) is 29.3 Å². The van der Waals surface area contributed by atoms with Crippen molar-refractivity contribution in [3.63, 3.8) is 0 Å². The zero-order valence-corrected chi connectivity index (χ0v) is 10.2. The van der Waals surface area contributed by atoms with Gasteiger partial charge in [-0.3, -0.25) is 9.59 Å². The van der Waals surface area contributed by atoms with Gasteiger partial charge in [-0.2, -0.15) is 5.26 Å². The second kappa shape index (κ2) is 4.15. The molecule has 0 aromatic heterocycles. The molecule has 0 spiro atoms. The summed E-state index contributed by atoms with van der Waals surface area (Å²) >= 11 is 0. The van der Waals surface area contributed by atoms with Gasteiger partial charge >= 0.3 is 0 Å². The zero-order valence-electron chi connectivity index (χ0n) is 10.2. The SMILES string of the molecule is CC1C(=O)N(c2ccc(C#N)cc2N)C(=O)C1C. The van der Waals surface area contributed by atoms with Crippen LogP contribution in [0, 0.1) is 23.2 Å². The summed E-state index contributed by atoms with van der Waals surface area (Å²) in [6.07, 6.45) is 0. The van der Waals surface area contributed by atoms with Crippen LogP contribution in [0.5, 0.6) is 0 Å². The lowest BCUT2D eigenvalue weighted by Crippen LogP contribution is -2.31. The van der Waals surface area contributed by atoms with Crippen LogP contribution in [0.3, 0.4) is 0 Å². The molecule has 1 heterocycles. The van der Waals surface area contributed by atoms with Crippen molar-refractivity contribution >= 4 is 23.2 Å². The summed E-state index contributed by atoms with van der Waals surface area (Å²) in [4.78, 5) is 25.2. The fourth-order valence-electron chi connectivity index (χ4n) is 2.01. The number of hydrogen-bond donors (Lipinski definition) is 1. The third kappa shape index (κ3) is 1.63. The van der Waals surface area contributed by atoms with Crippen LogP contribution < -0.4 is 10.6 Å². The fraction of sp³-hybridized carbons (Fsp3) is 0.308. The number of nitrogens with zero attached hydrogens (tertiary/aromatic N) is 2. The third-order valence-electron chi connectivity index (χ3n) is 3.37. The lowest BCUT2D eigenvalue weighted by atomic mass is 10.00. The standard InChI is InChI=1S/C13H13N3O2/c1-7-8(2)13(18)16(12(7)17)11-4-3-9(6-14)5-10(11)15/h3-5,7-8H,15H2,1-2H3. The highest BCUT2D eigenvalue weighted by Gasteiger charge is 2.43. The maximum atomic E-state index is 12.0. The van der Waals surface area contributed by atoms with Crippen molar-refractivity contribution in [2.75, 3.05) is 10.6 Å². The Bertz CT molecular complexity index is 554. The fourth-order valence-corrected chi connectivity index (χ4v) is 2.01. The van der Waals surface area contributed by atoms with Gasteiger partial charge in [0.05, 0.1) is 23.0 Å². The average Bonchev–Trinajstić information content (AvgIpc) is 2.55. The Morgan fingerprint density at radius 3 is 2.22 bits per heavy atom. The van der Waals surface area contributed by atoms with E-state index < -0.39 is 0 Å². The minimum atomic E-state index is -0.340. The molecule has 1 aromatic carbocycles. The minimum Gasteiger partial charge on any atom is -0.397 e. The van der Waals surface area contributed by atoms with Crippen LogP contribution in [0.2, 0.25) is 0 Å². The molecule has 2 unspecified atom stereocenters. The lowest BCUT2D eigenvalue weighted by Gasteiger charge is -2.16. The zero-order chi connectivity index (χ0) is 13.4. The summed E-state index contributed by atoms with van der Waals surface area (Å²) in [5.74, 6) is -1.17. The number of nitriles is 1. The van der Waals surface area contributed by atoms with E-state index in [9.17, 15) is 9.59 Å². The summed E-state index contributed by atoms with van der Waals surface area (Å²) in [6.45, 7) is 3.45. The second-order valence-electron chi connectivity index (χ2n) is 4.47. The van der Waals surface area contributed by atoms with E-state index in [0.717, 1.165) is 4.90 Å². The predicted octanol–water partition coefficient (Wildman–Crippen LogP) is 1.29. The molecule has 1 aromatic rings. The molecule has 2 N–H and O–H groups in total. The monoisotopic (exact) mass is 243 g/mol. The molecule has 1 aliphatic heterocycles. The van der Waals surface area contributed by atoms with Crippen LogP contribution in [0.1, 0.15) is 19.4 Å². The van der Waals surface area contributed by atoms with E-state index in [4.69, 9.17) is 11.0 Å². The molecule has 2 atom stereocenters.